The highest BCUT2D eigenvalue weighted by Gasteiger charge is 2.32. The Morgan fingerprint density at radius 3 is 2.78 bits per heavy atom. The molecule has 0 atom stereocenters. The van der Waals surface area contributed by atoms with Gasteiger partial charge in [-0.3, -0.25) is 9.36 Å². The Kier molecular flexibility index (Phi) is 5.56. The van der Waals surface area contributed by atoms with E-state index in [1.54, 1.807) is 25.3 Å². The Bertz CT molecular complexity index is 834. The number of carbonyl (C=O) groups is 1. The summed E-state index contributed by atoms with van der Waals surface area (Å²) < 4.78 is 12.7. The lowest BCUT2D eigenvalue weighted by Gasteiger charge is -2.27. The topological polar surface area (TPSA) is 69.5 Å². The van der Waals surface area contributed by atoms with Crippen LogP contribution in [0.1, 0.15) is 29.2 Å². The van der Waals surface area contributed by atoms with Gasteiger partial charge in [-0.1, -0.05) is 23.4 Å². The van der Waals surface area contributed by atoms with Gasteiger partial charge in [0, 0.05) is 24.7 Å². The summed E-state index contributed by atoms with van der Waals surface area (Å²) >= 11 is 7.56. The maximum absolute atomic E-state index is 12.6. The van der Waals surface area contributed by atoms with E-state index in [-0.39, 0.29) is 11.5 Å². The van der Waals surface area contributed by atoms with Gasteiger partial charge in [-0.15, -0.1) is 10.2 Å². The van der Waals surface area contributed by atoms with E-state index in [0.29, 0.717) is 35.6 Å². The first-order chi connectivity index (χ1) is 13.2. The first-order valence-corrected chi connectivity index (χ1v) is 10.3. The molecule has 4 rings (SSSR count). The molecule has 0 spiro atoms. The number of rotatable bonds is 7. The van der Waals surface area contributed by atoms with E-state index in [2.05, 4.69) is 19.7 Å². The number of thioether (sulfide) groups is 1. The van der Waals surface area contributed by atoms with Crippen molar-refractivity contribution in [2.45, 2.75) is 24.0 Å². The third kappa shape index (κ3) is 4.07. The maximum Gasteiger partial charge on any atom is 0.228 e. The Morgan fingerprint density at radius 1 is 1.33 bits per heavy atom. The summed E-state index contributed by atoms with van der Waals surface area (Å²) in [5, 5.41) is 9.99. The summed E-state index contributed by atoms with van der Waals surface area (Å²) in [5.74, 6) is 1.74. The van der Waals surface area contributed by atoms with Crippen LogP contribution < -0.4 is 9.64 Å². The van der Waals surface area contributed by atoms with Crippen LogP contribution in [0.4, 0.5) is 5.95 Å². The third-order valence-corrected chi connectivity index (χ3v) is 5.90. The minimum absolute atomic E-state index is 0.00261. The van der Waals surface area contributed by atoms with Gasteiger partial charge in [-0.05, 0) is 31.0 Å². The van der Waals surface area contributed by atoms with Crippen molar-refractivity contribution >= 4 is 35.1 Å². The second-order valence-corrected chi connectivity index (χ2v) is 7.89. The van der Waals surface area contributed by atoms with Gasteiger partial charge in [0.15, 0.2) is 10.9 Å². The Hall–Kier alpha value is -1.77. The second kappa shape index (κ2) is 8.08. The number of halogens is 1. The average molecular weight is 409 g/mol. The fraction of sp³-hybridized carbons (Fsp3) is 0.500. The number of morpholine rings is 1. The molecule has 1 saturated heterocycles. The number of anilines is 1. The molecule has 2 heterocycles. The largest absolute Gasteiger partial charge is 0.495 e. The molecule has 0 bridgehead atoms. The summed E-state index contributed by atoms with van der Waals surface area (Å²) in [6, 6.07) is 5.53. The van der Waals surface area contributed by atoms with Gasteiger partial charge in [0.2, 0.25) is 5.95 Å². The molecule has 0 amide bonds. The van der Waals surface area contributed by atoms with Crippen LogP contribution >= 0.6 is 23.4 Å². The number of carbonyl (C=O) groups excluding carboxylic acids is 1. The molecule has 1 aliphatic carbocycles. The number of aromatic nitrogens is 3. The standard InChI is InChI=1S/C18H21ClN4O3S/c1-25-16-5-2-12(10-14(16)19)15(24)11-27-18-21-20-17(23(18)13-3-4-13)22-6-8-26-9-7-22/h2,5,10,13H,3-4,6-9,11H2,1H3. The number of ketones is 1. The summed E-state index contributed by atoms with van der Waals surface area (Å²) in [6.45, 7) is 3.05. The van der Waals surface area contributed by atoms with Gasteiger partial charge in [0.1, 0.15) is 5.75 Å². The Morgan fingerprint density at radius 2 is 2.11 bits per heavy atom. The molecule has 9 heteroatoms. The van der Waals surface area contributed by atoms with Crippen molar-refractivity contribution in [3.05, 3.63) is 28.8 Å². The summed E-state index contributed by atoms with van der Waals surface area (Å²) in [4.78, 5) is 14.8. The minimum atomic E-state index is 0.00261. The molecule has 2 aliphatic rings. The van der Waals surface area contributed by atoms with Crippen molar-refractivity contribution in [3.8, 4) is 5.75 Å². The van der Waals surface area contributed by atoms with Gasteiger partial charge in [-0.2, -0.15) is 0 Å². The van der Waals surface area contributed by atoms with Crippen molar-refractivity contribution in [2.24, 2.45) is 0 Å². The lowest BCUT2D eigenvalue weighted by Crippen LogP contribution is -2.38. The quantitative estimate of drug-likeness (QED) is 0.515. The molecule has 2 fully saturated rings. The van der Waals surface area contributed by atoms with Gasteiger partial charge in [0.25, 0.3) is 0 Å². The van der Waals surface area contributed by atoms with Crippen LogP contribution in [-0.2, 0) is 4.74 Å². The lowest BCUT2D eigenvalue weighted by atomic mass is 10.1. The van der Waals surface area contributed by atoms with Crippen molar-refractivity contribution < 1.29 is 14.3 Å². The molecule has 7 nitrogen and oxygen atoms in total. The van der Waals surface area contributed by atoms with E-state index >= 15 is 0 Å². The first kappa shape index (κ1) is 18.6. The van der Waals surface area contributed by atoms with Crippen LogP contribution in [-0.4, -0.2) is 59.7 Å². The maximum atomic E-state index is 12.6. The fourth-order valence-electron chi connectivity index (χ4n) is 3.05. The smallest absolute Gasteiger partial charge is 0.228 e. The Balaban J connectivity index is 1.47. The van der Waals surface area contributed by atoms with Crippen LogP contribution in [0.25, 0.3) is 0 Å². The number of hydrogen-bond donors (Lipinski definition) is 0. The predicted octanol–water partition coefficient (Wildman–Crippen LogP) is 3.09. The van der Waals surface area contributed by atoms with Crippen molar-refractivity contribution in [1.29, 1.82) is 0 Å². The zero-order valence-electron chi connectivity index (χ0n) is 15.1. The van der Waals surface area contributed by atoms with Gasteiger partial charge in [-0.25, -0.2) is 0 Å². The zero-order chi connectivity index (χ0) is 18.8. The third-order valence-electron chi connectivity index (χ3n) is 4.66. The van der Waals surface area contributed by atoms with E-state index in [1.165, 1.54) is 11.8 Å². The van der Waals surface area contributed by atoms with Crippen LogP contribution in [0, 0.1) is 0 Å². The zero-order valence-corrected chi connectivity index (χ0v) is 16.6. The Labute approximate surface area is 167 Å². The number of nitrogens with zero attached hydrogens (tertiary/aromatic N) is 4. The second-order valence-electron chi connectivity index (χ2n) is 6.54. The molecular weight excluding hydrogens is 388 g/mol. The van der Waals surface area contributed by atoms with Crippen molar-refractivity contribution in [1.82, 2.24) is 14.8 Å². The molecule has 0 unspecified atom stereocenters. The molecule has 0 N–H and O–H groups in total. The molecule has 1 saturated carbocycles. The van der Waals surface area contributed by atoms with E-state index in [0.717, 1.165) is 37.0 Å². The molecular formula is C18H21ClN4O3S. The van der Waals surface area contributed by atoms with E-state index in [1.807, 2.05) is 0 Å². The lowest BCUT2D eigenvalue weighted by molar-refractivity contribution is 0.102. The number of hydrogen-bond acceptors (Lipinski definition) is 7. The monoisotopic (exact) mass is 408 g/mol. The van der Waals surface area contributed by atoms with Gasteiger partial charge in [0.05, 0.1) is 31.1 Å². The van der Waals surface area contributed by atoms with Gasteiger partial charge >= 0.3 is 0 Å². The van der Waals surface area contributed by atoms with E-state index in [4.69, 9.17) is 21.1 Å². The SMILES string of the molecule is COc1ccc(C(=O)CSc2nnc(N3CCOCC3)n2C2CC2)cc1Cl. The van der Waals surface area contributed by atoms with Crippen LogP contribution in [0.15, 0.2) is 23.4 Å². The minimum Gasteiger partial charge on any atom is -0.495 e. The molecule has 2 aromatic rings. The van der Waals surface area contributed by atoms with Crippen molar-refractivity contribution in [3.63, 3.8) is 0 Å². The first-order valence-electron chi connectivity index (χ1n) is 8.94. The van der Waals surface area contributed by atoms with Gasteiger partial charge < -0.3 is 14.4 Å². The predicted molar refractivity (Wildman–Crippen MR) is 104 cm³/mol. The molecule has 1 aromatic carbocycles. The molecule has 27 heavy (non-hydrogen) atoms. The van der Waals surface area contributed by atoms with Crippen LogP contribution in [0.3, 0.4) is 0 Å². The summed E-state index contributed by atoms with van der Waals surface area (Å²) in [5.41, 5.74) is 0.569. The number of methoxy groups -OCH3 is 1. The van der Waals surface area contributed by atoms with E-state index in [9.17, 15) is 4.79 Å². The molecule has 0 radical (unpaired) electrons. The fourth-order valence-corrected chi connectivity index (χ4v) is 4.21. The summed E-state index contributed by atoms with van der Waals surface area (Å²) in [7, 11) is 1.55. The number of Topliss-reactive ketones (excluding diaryl/α,β-unsaturated/α-hetero) is 1. The summed E-state index contributed by atoms with van der Waals surface area (Å²) in [6.07, 6.45) is 2.26. The van der Waals surface area contributed by atoms with Crippen LogP contribution in [0.2, 0.25) is 5.02 Å². The average Bonchev–Trinajstić information content (AvgIpc) is 3.45. The molecule has 144 valence electrons. The van der Waals surface area contributed by atoms with Crippen molar-refractivity contribution in [2.75, 3.05) is 44.1 Å². The highest BCUT2D eigenvalue weighted by Crippen LogP contribution is 2.41. The molecule has 1 aromatic heterocycles. The molecule has 1 aliphatic heterocycles. The number of benzene rings is 1. The number of ether oxygens (including phenoxy) is 2. The van der Waals surface area contributed by atoms with E-state index < -0.39 is 0 Å². The highest BCUT2D eigenvalue weighted by atomic mass is 35.5. The normalized spacial score (nSPS) is 17.2. The highest BCUT2D eigenvalue weighted by molar-refractivity contribution is 7.99. The van der Waals surface area contributed by atoms with Crippen LogP contribution in [0.5, 0.6) is 5.75 Å².